The van der Waals surface area contributed by atoms with Gasteiger partial charge in [-0.15, -0.1) is 0 Å². The van der Waals surface area contributed by atoms with Crippen molar-refractivity contribution in [1.82, 2.24) is 5.32 Å². The molecule has 2 aromatic carbocycles. The van der Waals surface area contributed by atoms with Gasteiger partial charge in [-0.2, -0.15) is 5.26 Å². The number of hydrogen-bond donors (Lipinski definition) is 1. The lowest BCUT2D eigenvalue weighted by Crippen LogP contribution is -2.12. The minimum absolute atomic E-state index is 0.357. The molecule has 140 valence electrons. The van der Waals surface area contributed by atoms with Crippen LogP contribution >= 0.6 is 11.8 Å². The Kier molecular flexibility index (Phi) is 5.18. The van der Waals surface area contributed by atoms with Crippen LogP contribution in [0.1, 0.15) is 24.0 Å². The SMILES string of the molecule is CSC(=Nc1ccc2cc(-c3ccc4c(c3)CCCC4)c(=O)oc2c1)NC#N. The number of nitriles is 1. The number of fused-ring (bicyclic) bond motifs is 2. The van der Waals surface area contributed by atoms with Gasteiger partial charge in [-0.3, -0.25) is 5.32 Å². The third-order valence-corrected chi connectivity index (χ3v) is 5.55. The molecule has 0 radical (unpaired) electrons. The second kappa shape index (κ2) is 7.91. The summed E-state index contributed by atoms with van der Waals surface area (Å²) in [6.45, 7) is 0. The van der Waals surface area contributed by atoms with Crippen LogP contribution in [0.25, 0.3) is 22.1 Å². The van der Waals surface area contributed by atoms with Crippen LogP contribution in [0.3, 0.4) is 0 Å². The quantitative estimate of drug-likeness (QED) is 0.225. The third kappa shape index (κ3) is 3.67. The summed E-state index contributed by atoms with van der Waals surface area (Å²) in [6, 6.07) is 13.6. The van der Waals surface area contributed by atoms with Gasteiger partial charge in [-0.1, -0.05) is 30.0 Å². The molecule has 1 N–H and O–H groups in total. The summed E-state index contributed by atoms with van der Waals surface area (Å²) in [7, 11) is 0. The molecule has 28 heavy (non-hydrogen) atoms. The van der Waals surface area contributed by atoms with E-state index >= 15 is 0 Å². The van der Waals surface area contributed by atoms with Crippen molar-refractivity contribution in [2.45, 2.75) is 25.7 Å². The Balaban J connectivity index is 1.74. The summed E-state index contributed by atoms with van der Waals surface area (Å²) < 4.78 is 5.59. The van der Waals surface area contributed by atoms with Crippen LogP contribution in [0.2, 0.25) is 0 Å². The number of aryl methyl sites for hydroxylation is 2. The maximum Gasteiger partial charge on any atom is 0.344 e. The zero-order chi connectivity index (χ0) is 19.5. The lowest BCUT2D eigenvalue weighted by molar-refractivity contribution is 0.563. The molecule has 3 aromatic rings. The van der Waals surface area contributed by atoms with E-state index in [0.717, 1.165) is 23.8 Å². The maximum absolute atomic E-state index is 12.6. The Labute approximate surface area is 167 Å². The normalized spacial score (nSPS) is 13.8. The molecule has 0 atom stereocenters. The Morgan fingerprint density at radius 3 is 2.75 bits per heavy atom. The van der Waals surface area contributed by atoms with Gasteiger partial charge in [0.15, 0.2) is 11.4 Å². The first-order chi connectivity index (χ1) is 13.7. The lowest BCUT2D eigenvalue weighted by atomic mass is 9.89. The highest BCUT2D eigenvalue weighted by atomic mass is 32.2. The average molecular weight is 389 g/mol. The van der Waals surface area contributed by atoms with Crippen LogP contribution in [0, 0.1) is 11.5 Å². The lowest BCUT2D eigenvalue weighted by Gasteiger charge is -2.16. The van der Waals surface area contributed by atoms with Crippen molar-refractivity contribution < 1.29 is 4.42 Å². The first kappa shape index (κ1) is 18.3. The fraction of sp³-hybridized carbons (Fsp3) is 0.227. The Morgan fingerprint density at radius 1 is 1.14 bits per heavy atom. The molecule has 1 aliphatic rings. The monoisotopic (exact) mass is 389 g/mol. The highest BCUT2D eigenvalue weighted by Crippen LogP contribution is 2.29. The van der Waals surface area contributed by atoms with Crippen LogP contribution in [0.4, 0.5) is 5.69 Å². The molecular formula is C22H19N3O2S. The average Bonchev–Trinajstić information content (AvgIpc) is 2.72. The van der Waals surface area contributed by atoms with E-state index in [4.69, 9.17) is 9.68 Å². The molecule has 6 heteroatoms. The van der Waals surface area contributed by atoms with Crippen molar-refractivity contribution >= 4 is 33.6 Å². The number of nitrogens with zero attached hydrogens (tertiary/aromatic N) is 2. The molecule has 0 bridgehead atoms. The van der Waals surface area contributed by atoms with E-state index in [1.165, 1.54) is 35.7 Å². The molecule has 4 rings (SSSR count). The number of thioether (sulfide) groups is 1. The highest BCUT2D eigenvalue weighted by Gasteiger charge is 2.13. The van der Waals surface area contributed by atoms with Gasteiger partial charge in [0, 0.05) is 11.5 Å². The van der Waals surface area contributed by atoms with E-state index in [1.54, 1.807) is 6.07 Å². The highest BCUT2D eigenvalue weighted by molar-refractivity contribution is 8.13. The van der Waals surface area contributed by atoms with Crippen LogP contribution in [-0.4, -0.2) is 11.4 Å². The summed E-state index contributed by atoms with van der Waals surface area (Å²) in [5, 5.41) is 12.6. The second-order valence-corrected chi connectivity index (χ2v) is 7.51. The van der Waals surface area contributed by atoms with E-state index in [2.05, 4.69) is 22.4 Å². The molecule has 0 amide bonds. The molecule has 0 saturated carbocycles. The predicted molar refractivity (Wildman–Crippen MR) is 114 cm³/mol. The molecule has 5 nitrogen and oxygen atoms in total. The summed E-state index contributed by atoms with van der Waals surface area (Å²) in [5.74, 6) is 0. The summed E-state index contributed by atoms with van der Waals surface area (Å²) >= 11 is 1.33. The number of amidine groups is 1. The topological polar surface area (TPSA) is 78.4 Å². The van der Waals surface area contributed by atoms with Crippen LogP contribution in [0.5, 0.6) is 0 Å². The van der Waals surface area contributed by atoms with Crippen LogP contribution in [-0.2, 0) is 12.8 Å². The molecule has 0 unspecified atom stereocenters. The molecule has 1 heterocycles. The van der Waals surface area contributed by atoms with E-state index < -0.39 is 0 Å². The minimum Gasteiger partial charge on any atom is -0.422 e. The standard InChI is InChI=1S/C22H19N3O2S/c1-28-22(24-13-23)25-18-9-8-17-11-19(21(26)27-20(17)12-18)16-7-6-14-4-2-3-5-15(14)10-16/h6-12H,2-5H2,1H3,(H,24,25). The second-order valence-electron chi connectivity index (χ2n) is 6.72. The molecular weight excluding hydrogens is 370 g/mol. The first-order valence-electron chi connectivity index (χ1n) is 9.16. The third-order valence-electron chi connectivity index (χ3n) is 4.97. The van der Waals surface area contributed by atoms with Crippen molar-refractivity contribution in [3.05, 3.63) is 64.0 Å². The van der Waals surface area contributed by atoms with Gasteiger partial charge in [0.2, 0.25) is 0 Å². The predicted octanol–water partition coefficient (Wildman–Crippen LogP) is 4.76. The molecule has 0 aliphatic heterocycles. The van der Waals surface area contributed by atoms with Crippen LogP contribution < -0.4 is 10.9 Å². The van der Waals surface area contributed by atoms with Gasteiger partial charge in [-0.05, 0) is 66.8 Å². The number of rotatable bonds is 2. The fourth-order valence-electron chi connectivity index (χ4n) is 3.56. The summed E-state index contributed by atoms with van der Waals surface area (Å²) in [4.78, 5) is 17.0. The number of nitrogens with one attached hydrogen (secondary N) is 1. The molecule has 0 saturated heterocycles. The Bertz CT molecular complexity index is 1170. The Morgan fingerprint density at radius 2 is 1.96 bits per heavy atom. The van der Waals surface area contributed by atoms with E-state index in [1.807, 2.05) is 36.7 Å². The van der Waals surface area contributed by atoms with Gasteiger partial charge in [0.05, 0.1) is 11.3 Å². The van der Waals surface area contributed by atoms with Crippen LogP contribution in [0.15, 0.2) is 56.7 Å². The van der Waals surface area contributed by atoms with Crippen molar-refractivity contribution in [3.63, 3.8) is 0 Å². The number of aliphatic imine (C=N–C) groups is 1. The fourth-order valence-corrected chi connectivity index (χ4v) is 3.91. The Hall–Kier alpha value is -3.04. The largest absolute Gasteiger partial charge is 0.422 e. The maximum atomic E-state index is 12.6. The van der Waals surface area contributed by atoms with Gasteiger partial charge >= 0.3 is 5.63 Å². The van der Waals surface area contributed by atoms with Gasteiger partial charge in [0.25, 0.3) is 0 Å². The van der Waals surface area contributed by atoms with Crippen molar-refractivity contribution in [1.29, 1.82) is 5.26 Å². The van der Waals surface area contributed by atoms with Gasteiger partial charge in [0.1, 0.15) is 5.58 Å². The molecule has 1 aliphatic carbocycles. The van der Waals surface area contributed by atoms with Crippen molar-refractivity contribution in [3.8, 4) is 17.3 Å². The van der Waals surface area contributed by atoms with E-state index in [9.17, 15) is 4.79 Å². The summed E-state index contributed by atoms with van der Waals surface area (Å²) in [6.07, 6.45) is 8.30. The van der Waals surface area contributed by atoms with E-state index in [0.29, 0.717) is 22.0 Å². The molecule has 0 spiro atoms. The molecule has 1 aromatic heterocycles. The zero-order valence-electron chi connectivity index (χ0n) is 15.5. The van der Waals surface area contributed by atoms with Gasteiger partial charge < -0.3 is 4.42 Å². The van der Waals surface area contributed by atoms with E-state index in [-0.39, 0.29) is 5.63 Å². The summed E-state index contributed by atoms with van der Waals surface area (Å²) in [5.41, 5.74) is 4.94. The smallest absolute Gasteiger partial charge is 0.344 e. The number of benzene rings is 2. The van der Waals surface area contributed by atoms with Gasteiger partial charge in [-0.25, -0.2) is 9.79 Å². The van der Waals surface area contributed by atoms with Crippen molar-refractivity contribution in [2.24, 2.45) is 4.99 Å². The minimum atomic E-state index is -0.357. The zero-order valence-corrected chi connectivity index (χ0v) is 16.3. The molecule has 0 fully saturated rings. The first-order valence-corrected chi connectivity index (χ1v) is 10.4. The number of hydrogen-bond acceptors (Lipinski definition) is 5. The van der Waals surface area contributed by atoms with Crippen molar-refractivity contribution in [2.75, 3.05) is 6.26 Å².